The summed E-state index contributed by atoms with van der Waals surface area (Å²) in [7, 11) is 0. The van der Waals surface area contributed by atoms with Crippen LogP contribution < -0.4 is 5.73 Å². The first kappa shape index (κ1) is 10.7. The highest BCUT2D eigenvalue weighted by molar-refractivity contribution is 5.84. The Kier molecular flexibility index (Phi) is 2.42. The fourth-order valence-corrected chi connectivity index (χ4v) is 1.75. The first-order valence-electron chi connectivity index (χ1n) is 5.44. The Balaban J connectivity index is 2.10. The van der Waals surface area contributed by atoms with Gasteiger partial charge in [0.15, 0.2) is 11.5 Å². The molecule has 0 unspecified atom stereocenters. The number of nitrogens with one attached hydrogen (secondary N) is 1. The largest absolute Gasteiger partial charge is 0.392 e. The summed E-state index contributed by atoms with van der Waals surface area (Å²) in [6.07, 6.45) is 1.39. The SMILES string of the molecule is Nc1ncnc2nc(-c3ccc(CO)cc3)[nH]c12. The number of H-pyrrole nitrogens is 1. The summed E-state index contributed by atoms with van der Waals surface area (Å²) in [5.74, 6) is 1.06. The van der Waals surface area contributed by atoms with Crippen LogP contribution in [0.1, 0.15) is 5.56 Å². The van der Waals surface area contributed by atoms with Gasteiger partial charge in [0.1, 0.15) is 17.7 Å². The van der Waals surface area contributed by atoms with E-state index in [1.54, 1.807) is 0 Å². The van der Waals surface area contributed by atoms with Crippen LogP contribution in [0.25, 0.3) is 22.6 Å². The number of fused-ring (bicyclic) bond motifs is 1. The van der Waals surface area contributed by atoms with Gasteiger partial charge in [-0.1, -0.05) is 24.3 Å². The van der Waals surface area contributed by atoms with Crippen molar-refractivity contribution in [1.29, 1.82) is 0 Å². The third-order valence-corrected chi connectivity index (χ3v) is 2.73. The molecule has 2 heterocycles. The van der Waals surface area contributed by atoms with Crippen LogP contribution in [0.2, 0.25) is 0 Å². The lowest BCUT2D eigenvalue weighted by molar-refractivity contribution is 0.282. The summed E-state index contributed by atoms with van der Waals surface area (Å²) in [4.78, 5) is 15.4. The van der Waals surface area contributed by atoms with Crippen LogP contribution in [0.4, 0.5) is 5.82 Å². The molecule has 6 heteroatoms. The average molecular weight is 241 g/mol. The van der Waals surface area contributed by atoms with E-state index < -0.39 is 0 Å². The van der Waals surface area contributed by atoms with Crippen molar-refractivity contribution in [2.24, 2.45) is 0 Å². The van der Waals surface area contributed by atoms with E-state index in [4.69, 9.17) is 10.8 Å². The molecule has 3 aromatic rings. The number of aromatic amines is 1. The van der Waals surface area contributed by atoms with Gasteiger partial charge in [0.2, 0.25) is 0 Å². The Labute approximate surface area is 103 Å². The summed E-state index contributed by atoms with van der Waals surface area (Å²) in [6, 6.07) is 7.45. The predicted molar refractivity (Wildman–Crippen MR) is 67.5 cm³/mol. The zero-order valence-corrected chi connectivity index (χ0v) is 9.46. The number of nitrogen functional groups attached to an aromatic ring is 1. The minimum Gasteiger partial charge on any atom is -0.392 e. The molecule has 0 aliphatic rings. The second-order valence-corrected chi connectivity index (χ2v) is 3.90. The number of nitrogens with zero attached hydrogens (tertiary/aromatic N) is 3. The maximum absolute atomic E-state index is 8.99. The number of aliphatic hydroxyl groups is 1. The van der Waals surface area contributed by atoms with Gasteiger partial charge >= 0.3 is 0 Å². The van der Waals surface area contributed by atoms with Crippen LogP contribution in [0.5, 0.6) is 0 Å². The minimum absolute atomic E-state index is 0.0266. The highest BCUT2D eigenvalue weighted by Gasteiger charge is 2.08. The summed E-state index contributed by atoms with van der Waals surface area (Å²) in [6.45, 7) is 0.0266. The molecule has 0 bridgehead atoms. The molecule has 18 heavy (non-hydrogen) atoms. The van der Waals surface area contributed by atoms with Crippen LogP contribution in [0.15, 0.2) is 30.6 Å². The number of hydrogen-bond donors (Lipinski definition) is 3. The van der Waals surface area contributed by atoms with Gasteiger partial charge in [0.25, 0.3) is 0 Å². The second kappa shape index (κ2) is 4.08. The van der Waals surface area contributed by atoms with E-state index in [2.05, 4.69) is 19.9 Å². The fraction of sp³-hybridized carbons (Fsp3) is 0.0833. The van der Waals surface area contributed by atoms with Crippen LogP contribution >= 0.6 is 0 Å². The summed E-state index contributed by atoms with van der Waals surface area (Å²) in [5, 5.41) is 8.99. The highest BCUT2D eigenvalue weighted by atomic mass is 16.3. The number of rotatable bonds is 2. The number of nitrogens with two attached hydrogens (primary N) is 1. The Morgan fingerprint density at radius 1 is 1.17 bits per heavy atom. The first-order chi connectivity index (χ1) is 8.78. The summed E-state index contributed by atoms with van der Waals surface area (Å²) >= 11 is 0. The van der Waals surface area contributed by atoms with Crippen molar-refractivity contribution in [3.05, 3.63) is 36.2 Å². The molecule has 1 aromatic carbocycles. The number of aromatic nitrogens is 4. The van der Waals surface area contributed by atoms with Gasteiger partial charge in [-0.05, 0) is 5.56 Å². The normalized spacial score (nSPS) is 10.9. The van der Waals surface area contributed by atoms with Crippen molar-refractivity contribution in [3.8, 4) is 11.4 Å². The van der Waals surface area contributed by atoms with Gasteiger partial charge in [-0.15, -0.1) is 0 Å². The van der Waals surface area contributed by atoms with E-state index in [1.807, 2.05) is 24.3 Å². The van der Waals surface area contributed by atoms with Crippen LogP contribution in [0, 0.1) is 0 Å². The number of hydrogen-bond acceptors (Lipinski definition) is 5. The average Bonchev–Trinajstić information content (AvgIpc) is 2.84. The molecule has 0 aliphatic heterocycles. The van der Waals surface area contributed by atoms with Crippen molar-refractivity contribution in [2.75, 3.05) is 5.73 Å². The lowest BCUT2D eigenvalue weighted by Crippen LogP contribution is -1.91. The molecule has 0 aliphatic carbocycles. The second-order valence-electron chi connectivity index (χ2n) is 3.90. The Hall–Kier alpha value is -2.47. The van der Waals surface area contributed by atoms with Gasteiger partial charge in [-0.3, -0.25) is 0 Å². The predicted octanol–water partition coefficient (Wildman–Crippen LogP) is 1.09. The van der Waals surface area contributed by atoms with E-state index in [0.717, 1.165) is 11.1 Å². The monoisotopic (exact) mass is 241 g/mol. The van der Waals surface area contributed by atoms with E-state index in [-0.39, 0.29) is 6.61 Å². The van der Waals surface area contributed by atoms with Crippen molar-refractivity contribution in [3.63, 3.8) is 0 Å². The van der Waals surface area contributed by atoms with Crippen LogP contribution in [0.3, 0.4) is 0 Å². The lowest BCUT2D eigenvalue weighted by Gasteiger charge is -1.98. The number of aliphatic hydroxyl groups excluding tert-OH is 1. The fourth-order valence-electron chi connectivity index (χ4n) is 1.75. The van der Waals surface area contributed by atoms with Crippen molar-refractivity contribution >= 4 is 17.0 Å². The smallest absolute Gasteiger partial charge is 0.183 e. The highest BCUT2D eigenvalue weighted by Crippen LogP contribution is 2.21. The first-order valence-corrected chi connectivity index (χ1v) is 5.44. The van der Waals surface area contributed by atoms with E-state index in [1.165, 1.54) is 6.33 Å². The van der Waals surface area contributed by atoms with Crippen molar-refractivity contribution in [2.45, 2.75) is 6.61 Å². The molecule has 4 N–H and O–H groups in total. The molecular formula is C12H11N5O. The topological polar surface area (TPSA) is 101 Å². The molecule has 3 rings (SSSR count). The molecule has 0 amide bonds. The van der Waals surface area contributed by atoms with E-state index in [9.17, 15) is 0 Å². The maximum Gasteiger partial charge on any atom is 0.183 e. The molecule has 0 fully saturated rings. The lowest BCUT2D eigenvalue weighted by atomic mass is 10.1. The zero-order chi connectivity index (χ0) is 12.5. The van der Waals surface area contributed by atoms with Gasteiger partial charge in [0, 0.05) is 5.56 Å². The number of anilines is 1. The van der Waals surface area contributed by atoms with Crippen molar-refractivity contribution < 1.29 is 5.11 Å². The Morgan fingerprint density at radius 3 is 2.61 bits per heavy atom. The van der Waals surface area contributed by atoms with Gasteiger partial charge in [0.05, 0.1) is 6.61 Å². The molecule has 90 valence electrons. The zero-order valence-electron chi connectivity index (χ0n) is 9.46. The van der Waals surface area contributed by atoms with Crippen LogP contribution in [-0.2, 0) is 6.61 Å². The molecule has 0 spiro atoms. The molecule has 2 aromatic heterocycles. The Bertz CT molecular complexity index is 689. The van der Waals surface area contributed by atoms with Crippen molar-refractivity contribution in [1.82, 2.24) is 19.9 Å². The molecule has 6 nitrogen and oxygen atoms in total. The molecular weight excluding hydrogens is 230 g/mol. The van der Waals surface area contributed by atoms with Crippen LogP contribution in [-0.4, -0.2) is 25.0 Å². The Morgan fingerprint density at radius 2 is 1.94 bits per heavy atom. The number of imidazole rings is 1. The van der Waals surface area contributed by atoms with Gasteiger partial charge in [-0.25, -0.2) is 15.0 Å². The minimum atomic E-state index is 0.0266. The molecule has 0 atom stereocenters. The maximum atomic E-state index is 8.99. The standard InChI is InChI=1S/C12H11N5O/c13-10-9-12(15-6-14-10)17-11(16-9)8-3-1-7(5-18)2-4-8/h1-4,6,18H,5H2,(H3,13,14,15,16,17). The summed E-state index contributed by atoms with van der Waals surface area (Å²) in [5.41, 5.74) is 8.68. The van der Waals surface area contributed by atoms with Gasteiger partial charge in [-0.2, -0.15) is 0 Å². The van der Waals surface area contributed by atoms with E-state index in [0.29, 0.717) is 22.8 Å². The number of benzene rings is 1. The summed E-state index contributed by atoms with van der Waals surface area (Å²) < 4.78 is 0. The third kappa shape index (κ3) is 1.68. The molecule has 0 radical (unpaired) electrons. The van der Waals surface area contributed by atoms with E-state index >= 15 is 0 Å². The molecule has 0 saturated carbocycles. The third-order valence-electron chi connectivity index (χ3n) is 2.73. The quantitative estimate of drug-likeness (QED) is 0.623. The van der Waals surface area contributed by atoms with Gasteiger partial charge < -0.3 is 15.8 Å². The molecule has 0 saturated heterocycles.